The first-order chi connectivity index (χ1) is 14.5. The van der Waals surface area contributed by atoms with Crippen molar-refractivity contribution in [2.75, 3.05) is 11.1 Å². The highest BCUT2D eigenvalue weighted by molar-refractivity contribution is 5.90. The molecule has 9 nitrogen and oxygen atoms in total. The van der Waals surface area contributed by atoms with E-state index >= 15 is 0 Å². The molecule has 0 saturated heterocycles. The summed E-state index contributed by atoms with van der Waals surface area (Å²) in [6.45, 7) is 1.70. The number of aryl methyl sites for hydroxylation is 1. The quantitative estimate of drug-likeness (QED) is 0.343. The molecule has 0 aliphatic rings. The molecule has 0 atom stereocenters. The van der Waals surface area contributed by atoms with Gasteiger partial charge in [0.15, 0.2) is 11.5 Å². The van der Waals surface area contributed by atoms with E-state index in [1.807, 2.05) is 6.07 Å². The number of nitrogens with one attached hydrogen (secondary N) is 1. The number of aromatic nitrogens is 4. The van der Waals surface area contributed by atoms with Crippen LogP contribution in [0.15, 0.2) is 66.7 Å². The molecule has 150 valence electrons. The number of nitrogens with two attached hydrogens (primary N) is 1. The van der Waals surface area contributed by atoms with Crippen LogP contribution < -0.4 is 15.8 Å². The lowest BCUT2D eigenvalue weighted by atomic mass is 10.3. The number of nitrogens with zero attached hydrogens (tertiary/aromatic N) is 4. The predicted octanol–water partition coefficient (Wildman–Crippen LogP) is 3.22. The van der Waals surface area contributed by atoms with Gasteiger partial charge in [0.25, 0.3) is 0 Å². The highest BCUT2D eigenvalue weighted by atomic mass is 16.5. The Bertz CT molecular complexity index is 1190. The van der Waals surface area contributed by atoms with Crippen LogP contribution >= 0.6 is 0 Å². The van der Waals surface area contributed by atoms with E-state index in [1.54, 1.807) is 61.5 Å². The van der Waals surface area contributed by atoms with E-state index in [0.29, 0.717) is 28.9 Å². The Morgan fingerprint density at radius 2 is 1.87 bits per heavy atom. The van der Waals surface area contributed by atoms with Crippen LogP contribution in [0, 0.1) is 6.92 Å². The summed E-state index contributed by atoms with van der Waals surface area (Å²) in [6, 6.07) is 18.3. The number of nitrogen functional groups attached to an aromatic ring is 1. The summed E-state index contributed by atoms with van der Waals surface area (Å²) in [7, 11) is 0. The molecule has 4 aromatic rings. The minimum atomic E-state index is -0.627. The first kappa shape index (κ1) is 18.9. The highest BCUT2D eigenvalue weighted by Gasteiger charge is 2.19. The van der Waals surface area contributed by atoms with Crippen LogP contribution in [0.3, 0.4) is 0 Å². The Labute approximate surface area is 171 Å². The molecule has 2 heterocycles. The number of aromatic hydroxyl groups is 1. The van der Waals surface area contributed by atoms with Gasteiger partial charge in [0, 0.05) is 23.9 Å². The van der Waals surface area contributed by atoms with Crippen LogP contribution in [0.2, 0.25) is 0 Å². The van der Waals surface area contributed by atoms with Gasteiger partial charge < -0.3 is 20.9 Å². The Kier molecular flexibility index (Phi) is 5.00. The van der Waals surface area contributed by atoms with Crippen molar-refractivity contribution in [1.29, 1.82) is 0 Å². The number of phenolic OH excluding ortho intramolecular Hbond substituents is 1. The third kappa shape index (κ3) is 4.20. The second-order valence-corrected chi connectivity index (χ2v) is 6.40. The number of ether oxygens (including phenoxy) is 1. The van der Waals surface area contributed by atoms with E-state index in [4.69, 9.17) is 10.5 Å². The number of rotatable bonds is 5. The molecule has 4 N–H and O–H groups in total. The Morgan fingerprint density at radius 1 is 1.07 bits per heavy atom. The standard InChI is InChI=1S/C21H18N6O3/c1-13-23-18(22)12-20(24-13)27-19(25-14-6-5-7-15(28)10-14)11-17(26-27)21(29)30-16-8-3-2-4-9-16/h2-12,25,28H,1H3,(H2,22,23,24). The van der Waals surface area contributed by atoms with Crippen molar-refractivity contribution in [2.24, 2.45) is 0 Å². The van der Waals surface area contributed by atoms with Gasteiger partial charge in [-0.3, -0.25) is 0 Å². The SMILES string of the molecule is Cc1nc(N)cc(-n2nc(C(=O)Oc3ccccc3)cc2Nc2cccc(O)c2)n1. The monoisotopic (exact) mass is 402 g/mol. The molecule has 4 rings (SSSR count). The maximum atomic E-state index is 12.6. The average Bonchev–Trinajstić information content (AvgIpc) is 3.12. The Hall–Kier alpha value is -4.40. The zero-order valence-corrected chi connectivity index (χ0v) is 16.0. The molecule has 9 heteroatoms. The van der Waals surface area contributed by atoms with Gasteiger partial charge in [0.05, 0.1) is 0 Å². The van der Waals surface area contributed by atoms with Crippen molar-refractivity contribution >= 4 is 23.3 Å². The lowest BCUT2D eigenvalue weighted by Gasteiger charge is -2.10. The highest BCUT2D eigenvalue weighted by Crippen LogP contribution is 2.24. The van der Waals surface area contributed by atoms with Gasteiger partial charge in [0.1, 0.15) is 29.0 Å². The van der Waals surface area contributed by atoms with E-state index in [1.165, 1.54) is 10.7 Å². The van der Waals surface area contributed by atoms with Crippen LogP contribution in [0.25, 0.3) is 5.82 Å². The maximum Gasteiger partial charge on any atom is 0.364 e. The second kappa shape index (κ2) is 7.92. The van der Waals surface area contributed by atoms with E-state index in [9.17, 15) is 9.90 Å². The van der Waals surface area contributed by atoms with Crippen molar-refractivity contribution in [3.8, 4) is 17.3 Å². The maximum absolute atomic E-state index is 12.6. The largest absolute Gasteiger partial charge is 0.508 e. The van der Waals surface area contributed by atoms with Crippen molar-refractivity contribution in [1.82, 2.24) is 19.7 Å². The van der Waals surface area contributed by atoms with Gasteiger partial charge >= 0.3 is 5.97 Å². The van der Waals surface area contributed by atoms with Crippen LogP contribution in [0.5, 0.6) is 11.5 Å². The number of benzene rings is 2. The van der Waals surface area contributed by atoms with Gasteiger partial charge in [-0.1, -0.05) is 24.3 Å². The second-order valence-electron chi connectivity index (χ2n) is 6.40. The number of carbonyl (C=O) groups excluding carboxylic acids is 1. The number of hydrogen-bond donors (Lipinski definition) is 3. The molecular weight excluding hydrogens is 384 g/mol. The molecule has 0 bridgehead atoms. The number of phenols is 1. The van der Waals surface area contributed by atoms with E-state index in [0.717, 1.165) is 0 Å². The fraction of sp³-hybridized carbons (Fsp3) is 0.0476. The molecule has 30 heavy (non-hydrogen) atoms. The average molecular weight is 402 g/mol. The van der Waals surface area contributed by atoms with Crippen molar-refractivity contribution < 1.29 is 14.6 Å². The number of carbonyl (C=O) groups is 1. The number of para-hydroxylation sites is 1. The van der Waals surface area contributed by atoms with Gasteiger partial charge in [-0.15, -0.1) is 0 Å². The summed E-state index contributed by atoms with van der Waals surface area (Å²) in [4.78, 5) is 21.0. The van der Waals surface area contributed by atoms with E-state index in [-0.39, 0.29) is 17.3 Å². The molecule has 0 aliphatic carbocycles. The van der Waals surface area contributed by atoms with Gasteiger partial charge in [-0.2, -0.15) is 9.78 Å². The first-order valence-electron chi connectivity index (χ1n) is 9.03. The van der Waals surface area contributed by atoms with E-state index in [2.05, 4.69) is 20.4 Å². The summed E-state index contributed by atoms with van der Waals surface area (Å²) >= 11 is 0. The minimum absolute atomic E-state index is 0.0661. The number of anilines is 3. The van der Waals surface area contributed by atoms with Gasteiger partial charge in [-0.05, 0) is 31.2 Å². The zero-order valence-electron chi connectivity index (χ0n) is 16.0. The molecule has 0 radical (unpaired) electrons. The lowest BCUT2D eigenvalue weighted by Crippen LogP contribution is -2.11. The molecule has 0 fully saturated rings. The molecular formula is C21H18N6O3. The summed E-state index contributed by atoms with van der Waals surface area (Å²) in [5.41, 5.74) is 6.51. The topological polar surface area (TPSA) is 128 Å². The number of esters is 1. The van der Waals surface area contributed by atoms with Crippen molar-refractivity contribution in [2.45, 2.75) is 6.92 Å². The third-order valence-electron chi connectivity index (χ3n) is 4.05. The van der Waals surface area contributed by atoms with Gasteiger partial charge in [0.2, 0.25) is 0 Å². The Balaban J connectivity index is 1.73. The molecule has 0 amide bonds. The van der Waals surface area contributed by atoms with Crippen molar-refractivity contribution in [3.05, 3.63) is 78.2 Å². The summed E-state index contributed by atoms with van der Waals surface area (Å²) in [5.74, 6) is 1.40. The van der Waals surface area contributed by atoms with Gasteiger partial charge in [-0.25, -0.2) is 14.8 Å². The fourth-order valence-electron chi connectivity index (χ4n) is 2.81. The molecule has 0 unspecified atom stereocenters. The normalized spacial score (nSPS) is 10.6. The molecule has 2 aromatic heterocycles. The molecule has 2 aromatic carbocycles. The summed E-state index contributed by atoms with van der Waals surface area (Å²) in [6.07, 6.45) is 0. The number of hydrogen-bond acceptors (Lipinski definition) is 8. The third-order valence-corrected chi connectivity index (χ3v) is 4.05. The van der Waals surface area contributed by atoms with E-state index < -0.39 is 5.97 Å². The van der Waals surface area contributed by atoms with Crippen LogP contribution in [-0.2, 0) is 0 Å². The van der Waals surface area contributed by atoms with Crippen LogP contribution in [0.4, 0.5) is 17.3 Å². The molecule has 0 aliphatic heterocycles. The minimum Gasteiger partial charge on any atom is -0.508 e. The van der Waals surface area contributed by atoms with Crippen LogP contribution in [-0.4, -0.2) is 30.8 Å². The Morgan fingerprint density at radius 3 is 2.60 bits per heavy atom. The van der Waals surface area contributed by atoms with Crippen LogP contribution in [0.1, 0.15) is 16.3 Å². The first-order valence-corrected chi connectivity index (χ1v) is 9.03. The van der Waals surface area contributed by atoms with Crippen molar-refractivity contribution in [3.63, 3.8) is 0 Å². The lowest BCUT2D eigenvalue weighted by molar-refractivity contribution is 0.0728. The fourth-order valence-corrected chi connectivity index (χ4v) is 2.81. The zero-order chi connectivity index (χ0) is 21.1. The molecule has 0 spiro atoms. The smallest absolute Gasteiger partial charge is 0.364 e. The summed E-state index contributed by atoms with van der Waals surface area (Å²) < 4.78 is 6.81. The predicted molar refractivity (Wildman–Crippen MR) is 111 cm³/mol. The molecule has 0 saturated carbocycles. The summed E-state index contributed by atoms with van der Waals surface area (Å²) in [5, 5.41) is 17.2.